The largest absolute Gasteiger partial charge is 0.473 e. The minimum Gasteiger partial charge on any atom is -0.473 e. The van der Waals surface area contributed by atoms with E-state index in [2.05, 4.69) is 50.1 Å². The monoisotopic (exact) mass is 1160 g/mol. The third kappa shape index (κ3) is 11.9. The van der Waals surface area contributed by atoms with Crippen LogP contribution in [0.25, 0.3) is 33.4 Å². The Hall–Kier alpha value is -5.96. The maximum absolute atomic E-state index is 14.9. The minimum absolute atomic E-state index is 0. The summed E-state index contributed by atoms with van der Waals surface area (Å²) in [5.41, 5.74) is 1.31. The van der Waals surface area contributed by atoms with Gasteiger partial charge in [-0.25, -0.2) is 65.5 Å². The average molecular weight is 1160 g/mol. The van der Waals surface area contributed by atoms with Crippen molar-refractivity contribution in [3.8, 4) is 23.1 Å². The molecule has 4 atom stereocenters. The number of hydrogen-bond donors (Lipinski definition) is 1. The Morgan fingerprint density at radius 1 is 0.592 bits per heavy atom. The van der Waals surface area contributed by atoms with Crippen molar-refractivity contribution in [1.82, 2.24) is 54.3 Å². The Morgan fingerprint density at radius 3 is 1.43 bits per heavy atom. The van der Waals surface area contributed by atoms with Gasteiger partial charge in [0.1, 0.15) is 36.5 Å². The Kier molecular flexibility index (Phi) is 16.5. The number of ether oxygens (including phenoxy) is 4. The van der Waals surface area contributed by atoms with Gasteiger partial charge in [-0.1, -0.05) is 23.2 Å². The van der Waals surface area contributed by atoms with E-state index in [9.17, 15) is 25.6 Å². The molecule has 28 heteroatoms. The van der Waals surface area contributed by atoms with E-state index < -0.39 is 31.3 Å². The standard InChI is InChI=1S/C24H22ClFN6O4S.C20H21FN4O4S.C4H2Cl2N2.ClH/c1-37(33,34)17-2-3-20(19(26)6-17)32-5-4-18-22(32)29-13-30-23(18)36-21-14-9-31(10-15(21)12-35-11-14)24-27-7-16(25)8-28-24;1-30(26,27)14-2-3-17(16(21)6-14)25-5-4-15-19(25)23-11-24-20(15)29-18-12-7-22-8-13(18)10-28-9-12;5-3-1-7-4(6)8-2-3;/h2-8,13-15,21H,9-12H2,1H3;2-6,11-13,18,22H,7-10H2,1H3;1-2H;1H. The normalized spacial score (nSPS) is 21.1. The summed E-state index contributed by atoms with van der Waals surface area (Å²) in [4.78, 5) is 35.2. The number of halogens is 6. The number of fused-ring (bicyclic) bond motifs is 6. The van der Waals surface area contributed by atoms with E-state index in [1.165, 1.54) is 49.3 Å². The molecule has 4 fully saturated rings. The second-order valence-corrected chi connectivity index (χ2v) is 23.4. The number of aromatic nitrogens is 10. The van der Waals surface area contributed by atoms with Gasteiger partial charge in [-0.3, -0.25) is 9.13 Å². The highest BCUT2D eigenvalue weighted by atomic mass is 35.5. The number of sulfone groups is 2. The van der Waals surface area contributed by atoms with E-state index in [0.29, 0.717) is 89.3 Å². The zero-order valence-corrected chi connectivity index (χ0v) is 44.9. The van der Waals surface area contributed by atoms with Crippen LogP contribution < -0.4 is 19.7 Å². The molecule has 0 radical (unpaired) electrons. The Bertz CT molecular complexity index is 3550. The first-order chi connectivity index (χ1) is 36.0. The highest BCUT2D eigenvalue weighted by Gasteiger charge is 2.43. The first kappa shape index (κ1) is 54.8. The van der Waals surface area contributed by atoms with Gasteiger partial charge in [0.15, 0.2) is 31.0 Å². The lowest BCUT2D eigenvalue weighted by Crippen LogP contribution is -2.58. The summed E-state index contributed by atoms with van der Waals surface area (Å²) in [5.74, 6) is 0.735. The van der Waals surface area contributed by atoms with Crippen molar-refractivity contribution >= 4 is 94.9 Å². The van der Waals surface area contributed by atoms with Gasteiger partial charge in [0.05, 0.1) is 93.2 Å². The second-order valence-electron chi connectivity index (χ2n) is 18.2. The van der Waals surface area contributed by atoms with Crippen molar-refractivity contribution in [2.24, 2.45) is 23.7 Å². The zero-order valence-electron chi connectivity index (χ0n) is 40.2. The van der Waals surface area contributed by atoms with Crippen LogP contribution in [0.3, 0.4) is 0 Å². The first-order valence-corrected chi connectivity index (χ1v) is 28.1. The van der Waals surface area contributed by atoms with Crippen LogP contribution in [0, 0.1) is 35.3 Å². The lowest BCUT2D eigenvalue weighted by atomic mass is 9.84. The summed E-state index contributed by atoms with van der Waals surface area (Å²) >= 11 is 16.7. The van der Waals surface area contributed by atoms with Crippen LogP contribution in [0.1, 0.15) is 0 Å². The SMILES string of the molecule is CS(=O)(=O)c1ccc(-n2ccc3c(OC4C5CNCC4COC5)ncnc32)c(F)c1.CS(=O)(=O)c1ccc(-n2ccc3c(OC4C5COCC4CN(c4ncc(Cl)cn4)C5)ncnc32)c(F)c1.Cl.Clc1cnc(Cl)nc1. The van der Waals surface area contributed by atoms with Gasteiger partial charge >= 0.3 is 0 Å². The molecule has 4 unspecified atom stereocenters. The van der Waals surface area contributed by atoms with Crippen molar-refractivity contribution in [2.75, 3.05) is 70.0 Å². The quantitative estimate of drug-likeness (QED) is 0.148. The fourth-order valence-electron chi connectivity index (χ4n) is 9.48. The van der Waals surface area contributed by atoms with Crippen LogP contribution >= 0.6 is 47.2 Å². The number of hydrogen-bond acceptors (Lipinski definition) is 18. The van der Waals surface area contributed by atoms with Gasteiger partial charge in [0.2, 0.25) is 23.0 Å². The molecule has 4 saturated heterocycles. The zero-order chi connectivity index (χ0) is 52.6. The molecule has 8 aromatic rings. The molecule has 0 amide bonds. The predicted molar refractivity (Wildman–Crippen MR) is 280 cm³/mol. The second kappa shape index (κ2) is 22.9. The molecule has 400 valence electrons. The van der Waals surface area contributed by atoms with E-state index in [4.69, 9.17) is 53.8 Å². The van der Waals surface area contributed by atoms with Gasteiger partial charge < -0.3 is 29.2 Å². The van der Waals surface area contributed by atoms with Crippen LogP contribution in [-0.2, 0) is 29.1 Å². The number of nitrogens with one attached hydrogen (secondary N) is 1. The predicted octanol–water partition coefficient (Wildman–Crippen LogP) is 6.72. The molecule has 0 saturated carbocycles. The Balaban J connectivity index is 0.000000162. The summed E-state index contributed by atoms with van der Waals surface area (Å²) in [6, 6.07) is 11.2. The van der Waals surface area contributed by atoms with Crippen molar-refractivity contribution in [1.29, 1.82) is 0 Å². The Labute approximate surface area is 455 Å². The molecule has 10 heterocycles. The van der Waals surface area contributed by atoms with Gasteiger partial charge in [-0.05, 0) is 60.1 Å². The smallest absolute Gasteiger partial charge is 0.226 e. The highest BCUT2D eigenvalue weighted by Crippen LogP contribution is 2.36. The molecular weight excluding hydrogens is 1120 g/mol. The number of nitrogens with zero attached hydrogens (tertiary/aromatic N) is 11. The number of anilines is 1. The summed E-state index contributed by atoms with van der Waals surface area (Å²) in [6.07, 6.45) is 14.1. The number of rotatable bonds is 9. The molecule has 6 aromatic heterocycles. The van der Waals surface area contributed by atoms with Crippen molar-refractivity contribution in [3.05, 3.63) is 125 Å². The van der Waals surface area contributed by atoms with Crippen LogP contribution in [0.5, 0.6) is 11.8 Å². The van der Waals surface area contributed by atoms with E-state index in [1.807, 2.05) is 0 Å². The van der Waals surface area contributed by atoms with Crippen molar-refractivity contribution < 1.29 is 44.6 Å². The fourth-order valence-corrected chi connectivity index (χ4v) is 11.0. The van der Waals surface area contributed by atoms with E-state index in [0.717, 1.165) is 37.7 Å². The lowest BCUT2D eigenvalue weighted by molar-refractivity contribution is -0.0829. The summed E-state index contributed by atoms with van der Waals surface area (Å²) in [6.45, 7) is 5.29. The third-order valence-corrected chi connectivity index (χ3v) is 15.8. The molecule has 4 aliphatic rings. The third-order valence-electron chi connectivity index (χ3n) is 13.0. The summed E-state index contributed by atoms with van der Waals surface area (Å²) in [5, 5.41) is 5.89. The van der Waals surface area contributed by atoms with Crippen LogP contribution in [0.15, 0.2) is 108 Å². The van der Waals surface area contributed by atoms with Gasteiger partial charge in [-0.2, -0.15) is 0 Å². The minimum atomic E-state index is -3.53. The number of piperidine rings is 2. The van der Waals surface area contributed by atoms with Gasteiger partial charge in [-0.15, -0.1) is 12.4 Å². The van der Waals surface area contributed by atoms with Gasteiger partial charge in [0.25, 0.3) is 0 Å². The topological polar surface area (TPSA) is 233 Å². The van der Waals surface area contributed by atoms with Crippen molar-refractivity contribution in [2.45, 2.75) is 22.0 Å². The van der Waals surface area contributed by atoms with E-state index in [1.54, 1.807) is 46.1 Å². The molecule has 4 bridgehead atoms. The summed E-state index contributed by atoms with van der Waals surface area (Å²) < 4.78 is 104. The molecule has 1 N–H and O–H groups in total. The highest BCUT2D eigenvalue weighted by molar-refractivity contribution is 7.91. The Morgan fingerprint density at radius 2 is 1.01 bits per heavy atom. The molecule has 4 aliphatic heterocycles. The molecule has 12 rings (SSSR count). The van der Waals surface area contributed by atoms with Crippen LogP contribution in [-0.4, -0.2) is 143 Å². The van der Waals surface area contributed by atoms with Crippen molar-refractivity contribution in [3.63, 3.8) is 0 Å². The molecule has 76 heavy (non-hydrogen) atoms. The van der Waals surface area contributed by atoms with E-state index >= 15 is 0 Å². The molecule has 0 aliphatic carbocycles. The van der Waals surface area contributed by atoms with Gasteiger partial charge in [0, 0.05) is 74.8 Å². The maximum Gasteiger partial charge on any atom is 0.226 e. The number of benzene rings is 2. The lowest BCUT2D eigenvalue weighted by Gasteiger charge is -2.46. The maximum atomic E-state index is 14.9. The van der Waals surface area contributed by atoms with E-state index in [-0.39, 0.29) is 74.7 Å². The van der Waals surface area contributed by atoms with Crippen LogP contribution in [0.4, 0.5) is 14.7 Å². The first-order valence-electron chi connectivity index (χ1n) is 23.2. The summed E-state index contributed by atoms with van der Waals surface area (Å²) in [7, 11) is -7.02. The molecule has 2 aromatic carbocycles. The molecule has 0 spiro atoms. The van der Waals surface area contributed by atoms with Crippen LogP contribution in [0.2, 0.25) is 15.3 Å². The molecule has 20 nitrogen and oxygen atoms in total. The molecular formula is C48H46Cl4F2N12O8S2. The fraction of sp³-hybridized carbons (Fsp3) is 0.333. The average Bonchev–Trinajstić information content (AvgIpc) is 4.07.